The molecule has 2 fully saturated rings. The van der Waals surface area contributed by atoms with Crippen LogP contribution in [0, 0.1) is 29.1 Å². The molecule has 5 heteroatoms. The van der Waals surface area contributed by atoms with Crippen LogP contribution in [0.4, 0.5) is 13.2 Å². The zero-order chi connectivity index (χ0) is 22.1. The van der Waals surface area contributed by atoms with Crippen LogP contribution in [0.1, 0.15) is 75.7 Å². The number of halogens is 3. The predicted molar refractivity (Wildman–Crippen MR) is 116 cm³/mol. The number of hydrogen-bond donors (Lipinski definition) is 0. The van der Waals surface area contributed by atoms with Crippen molar-refractivity contribution < 1.29 is 17.9 Å². The van der Waals surface area contributed by atoms with E-state index in [2.05, 4.69) is 10.8 Å². The van der Waals surface area contributed by atoms with Crippen molar-refractivity contribution in [2.45, 2.75) is 76.5 Å². The normalized spacial score (nSPS) is 27.4. The van der Waals surface area contributed by atoms with Crippen molar-refractivity contribution in [3.8, 4) is 11.8 Å². The molecule has 1 aromatic rings. The van der Waals surface area contributed by atoms with Crippen molar-refractivity contribution in [2.24, 2.45) is 17.8 Å². The molecule has 2 aliphatic rings. The fourth-order valence-corrected chi connectivity index (χ4v) is 5.42. The number of ether oxygens (including phenoxy) is 1. The lowest BCUT2D eigenvalue weighted by Crippen LogP contribution is -2.25. The van der Waals surface area contributed by atoms with Gasteiger partial charge in [0.1, 0.15) is 5.75 Å². The van der Waals surface area contributed by atoms with Gasteiger partial charge in [-0.15, -0.1) is 13.2 Å². The van der Waals surface area contributed by atoms with E-state index < -0.39 is 6.36 Å². The van der Waals surface area contributed by atoms with E-state index in [9.17, 15) is 13.2 Å². The SMILES string of the molecule is N#CC=CC=CCCC1CCC(C2CCC(c3ccc(OC(F)(F)F)cc3)CC2)CC1. The molecule has 0 heterocycles. The summed E-state index contributed by atoms with van der Waals surface area (Å²) in [6.07, 6.45) is 15.1. The third kappa shape index (κ3) is 7.76. The molecule has 0 aliphatic heterocycles. The monoisotopic (exact) mass is 431 g/mol. The minimum absolute atomic E-state index is 0.143. The summed E-state index contributed by atoms with van der Waals surface area (Å²) in [6.45, 7) is 0. The van der Waals surface area contributed by atoms with Crippen LogP contribution in [-0.2, 0) is 0 Å². The highest BCUT2D eigenvalue weighted by atomic mass is 19.4. The van der Waals surface area contributed by atoms with Crippen LogP contribution >= 0.6 is 0 Å². The maximum Gasteiger partial charge on any atom is 0.573 e. The number of rotatable bonds is 7. The Balaban J connectivity index is 1.37. The van der Waals surface area contributed by atoms with Crippen LogP contribution < -0.4 is 4.74 Å². The summed E-state index contributed by atoms with van der Waals surface area (Å²) in [5, 5.41) is 8.47. The van der Waals surface area contributed by atoms with Gasteiger partial charge in [0.2, 0.25) is 0 Å². The van der Waals surface area contributed by atoms with Gasteiger partial charge in [-0.1, -0.05) is 43.2 Å². The molecule has 0 N–H and O–H groups in total. The standard InChI is InChI=1S/C26H32F3NO/c27-26(28,29)31-25-17-15-24(16-18-25)23-13-11-22(12-14-23)21-9-7-20(8-10-21)6-4-2-1-3-5-19-30/h1-3,5,15-18,20-23H,4,6-14H2. The Hall–Kier alpha value is -2.22. The first kappa shape index (κ1) is 23.4. The molecular formula is C26H32F3NO. The molecule has 0 spiro atoms. The van der Waals surface area contributed by atoms with Gasteiger partial charge in [-0.05, 0) is 92.7 Å². The van der Waals surface area contributed by atoms with Crippen LogP contribution in [0.2, 0.25) is 0 Å². The number of hydrogen-bond acceptors (Lipinski definition) is 2. The Labute approximate surface area is 183 Å². The van der Waals surface area contributed by atoms with Gasteiger partial charge in [0, 0.05) is 6.08 Å². The Kier molecular flexibility index (Phi) is 8.63. The van der Waals surface area contributed by atoms with Crippen molar-refractivity contribution in [2.75, 3.05) is 0 Å². The summed E-state index contributed by atoms with van der Waals surface area (Å²) in [5.74, 6) is 2.79. The smallest absolute Gasteiger partial charge is 0.406 e. The van der Waals surface area contributed by atoms with Crippen molar-refractivity contribution in [3.05, 3.63) is 54.1 Å². The average Bonchev–Trinajstić information content (AvgIpc) is 2.76. The molecule has 0 atom stereocenters. The second kappa shape index (κ2) is 11.4. The second-order valence-corrected chi connectivity index (χ2v) is 9.00. The lowest BCUT2D eigenvalue weighted by atomic mass is 9.68. The van der Waals surface area contributed by atoms with Gasteiger partial charge in [-0.3, -0.25) is 0 Å². The van der Waals surface area contributed by atoms with Gasteiger partial charge in [0.05, 0.1) is 6.07 Å². The first-order valence-electron chi connectivity index (χ1n) is 11.5. The van der Waals surface area contributed by atoms with Crippen molar-refractivity contribution >= 4 is 0 Å². The fraction of sp³-hybridized carbons (Fsp3) is 0.577. The van der Waals surface area contributed by atoms with Crippen LogP contribution in [0.25, 0.3) is 0 Å². The third-order valence-corrected chi connectivity index (χ3v) is 7.07. The number of allylic oxidation sites excluding steroid dienone is 4. The molecule has 0 saturated heterocycles. The molecule has 168 valence electrons. The molecule has 31 heavy (non-hydrogen) atoms. The quantitative estimate of drug-likeness (QED) is 0.323. The topological polar surface area (TPSA) is 33.0 Å². The van der Waals surface area contributed by atoms with E-state index in [4.69, 9.17) is 5.26 Å². The molecule has 2 saturated carbocycles. The van der Waals surface area contributed by atoms with E-state index in [1.165, 1.54) is 63.2 Å². The van der Waals surface area contributed by atoms with Gasteiger partial charge < -0.3 is 4.74 Å². The molecule has 0 aromatic heterocycles. The summed E-state index contributed by atoms with van der Waals surface area (Å²) in [5.41, 5.74) is 1.13. The number of benzene rings is 1. The van der Waals surface area contributed by atoms with Gasteiger partial charge in [0.15, 0.2) is 0 Å². The van der Waals surface area contributed by atoms with Crippen molar-refractivity contribution in [3.63, 3.8) is 0 Å². The zero-order valence-corrected chi connectivity index (χ0v) is 18.0. The number of nitriles is 1. The van der Waals surface area contributed by atoms with Gasteiger partial charge >= 0.3 is 6.36 Å². The third-order valence-electron chi connectivity index (χ3n) is 7.07. The van der Waals surface area contributed by atoms with E-state index in [0.29, 0.717) is 5.92 Å². The lowest BCUT2D eigenvalue weighted by Gasteiger charge is -2.38. The highest BCUT2D eigenvalue weighted by molar-refractivity contribution is 5.30. The summed E-state index contributed by atoms with van der Waals surface area (Å²) >= 11 is 0. The number of nitrogens with zero attached hydrogens (tertiary/aromatic N) is 1. The summed E-state index contributed by atoms with van der Waals surface area (Å²) in [6, 6.07) is 8.45. The molecule has 1 aromatic carbocycles. The van der Waals surface area contributed by atoms with E-state index >= 15 is 0 Å². The maximum atomic E-state index is 12.3. The summed E-state index contributed by atoms with van der Waals surface area (Å²) in [7, 11) is 0. The first-order valence-corrected chi connectivity index (χ1v) is 11.5. The highest BCUT2D eigenvalue weighted by Gasteiger charge is 2.32. The van der Waals surface area contributed by atoms with Gasteiger partial charge in [0.25, 0.3) is 0 Å². The minimum Gasteiger partial charge on any atom is -0.406 e. The molecule has 2 nitrogen and oxygen atoms in total. The van der Waals surface area contributed by atoms with Gasteiger partial charge in [-0.2, -0.15) is 5.26 Å². The Morgan fingerprint density at radius 2 is 1.52 bits per heavy atom. The Morgan fingerprint density at radius 1 is 0.903 bits per heavy atom. The first-order chi connectivity index (χ1) is 14.9. The largest absolute Gasteiger partial charge is 0.573 e. The molecule has 3 rings (SSSR count). The van der Waals surface area contributed by atoms with Gasteiger partial charge in [-0.25, -0.2) is 0 Å². The zero-order valence-electron chi connectivity index (χ0n) is 18.0. The van der Waals surface area contributed by atoms with Crippen LogP contribution in [-0.4, -0.2) is 6.36 Å². The lowest BCUT2D eigenvalue weighted by molar-refractivity contribution is -0.274. The molecule has 0 radical (unpaired) electrons. The summed E-state index contributed by atoms with van der Waals surface area (Å²) < 4.78 is 40.9. The molecule has 0 bridgehead atoms. The molecular weight excluding hydrogens is 399 g/mol. The molecule has 2 aliphatic carbocycles. The van der Waals surface area contributed by atoms with Crippen LogP contribution in [0.5, 0.6) is 5.75 Å². The fourth-order valence-electron chi connectivity index (χ4n) is 5.42. The predicted octanol–water partition coefficient (Wildman–Crippen LogP) is 8.08. The van der Waals surface area contributed by atoms with Crippen LogP contribution in [0.15, 0.2) is 48.6 Å². The van der Waals surface area contributed by atoms with E-state index in [0.717, 1.165) is 42.6 Å². The summed E-state index contributed by atoms with van der Waals surface area (Å²) in [4.78, 5) is 0. The maximum absolute atomic E-state index is 12.3. The average molecular weight is 432 g/mol. The number of alkyl halides is 3. The molecule has 0 unspecified atom stereocenters. The Bertz CT molecular complexity index is 759. The minimum atomic E-state index is -4.63. The second-order valence-electron chi connectivity index (χ2n) is 9.00. The molecule has 0 amide bonds. The van der Waals surface area contributed by atoms with E-state index in [1.807, 2.05) is 12.1 Å². The van der Waals surface area contributed by atoms with Crippen molar-refractivity contribution in [1.82, 2.24) is 0 Å². The van der Waals surface area contributed by atoms with Crippen LogP contribution in [0.3, 0.4) is 0 Å². The van der Waals surface area contributed by atoms with Crippen molar-refractivity contribution in [1.29, 1.82) is 5.26 Å². The van der Waals surface area contributed by atoms with E-state index in [-0.39, 0.29) is 5.75 Å². The highest BCUT2D eigenvalue weighted by Crippen LogP contribution is 2.44. The Morgan fingerprint density at radius 3 is 2.10 bits per heavy atom. The van der Waals surface area contributed by atoms with E-state index in [1.54, 1.807) is 18.2 Å².